The van der Waals surface area contributed by atoms with Gasteiger partial charge in [0.15, 0.2) is 11.5 Å². The van der Waals surface area contributed by atoms with Gasteiger partial charge in [-0.15, -0.1) is 5.10 Å². The van der Waals surface area contributed by atoms with Crippen molar-refractivity contribution in [1.82, 2.24) is 34.1 Å². The summed E-state index contributed by atoms with van der Waals surface area (Å²) in [5, 5.41) is 11.2. The molecule has 0 unspecified atom stereocenters. The van der Waals surface area contributed by atoms with Crippen LogP contribution in [0.15, 0.2) is 36.8 Å². The van der Waals surface area contributed by atoms with Crippen molar-refractivity contribution in [2.45, 2.75) is 18.4 Å². The second-order valence-corrected chi connectivity index (χ2v) is 7.27. The Kier molecular flexibility index (Phi) is 3.88. The van der Waals surface area contributed by atoms with Crippen LogP contribution >= 0.6 is 0 Å². The predicted molar refractivity (Wildman–Crippen MR) is 104 cm³/mol. The van der Waals surface area contributed by atoms with E-state index in [0.29, 0.717) is 23.4 Å². The van der Waals surface area contributed by atoms with Gasteiger partial charge in [-0.05, 0) is 25.6 Å². The third kappa shape index (κ3) is 3.03. The third-order valence-corrected chi connectivity index (χ3v) is 5.17. The number of piperidine rings is 1. The molecule has 0 aromatic carbocycles. The molecule has 0 bridgehead atoms. The van der Waals surface area contributed by atoms with E-state index in [1.807, 2.05) is 12.1 Å². The van der Waals surface area contributed by atoms with E-state index in [2.05, 4.69) is 25.5 Å². The summed E-state index contributed by atoms with van der Waals surface area (Å²) in [7, 11) is 1.68. The molecule has 1 saturated heterocycles. The van der Waals surface area contributed by atoms with Crippen LogP contribution in [0.3, 0.4) is 0 Å². The van der Waals surface area contributed by atoms with Crippen LogP contribution in [0.4, 0.5) is 20.5 Å². The summed E-state index contributed by atoms with van der Waals surface area (Å²) in [6.45, 7) is 0.264. The smallest absolute Gasteiger partial charge is 0.280 e. The first-order valence-electron chi connectivity index (χ1n) is 9.19. The van der Waals surface area contributed by atoms with Gasteiger partial charge in [0.1, 0.15) is 5.52 Å². The van der Waals surface area contributed by atoms with Gasteiger partial charge in [-0.25, -0.2) is 22.8 Å². The Morgan fingerprint density at radius 1 is 1.17 bits per heavy atom. The highest BCUT2D eigenvalue weighted by Gasteiger charge is 2.44. The van der Waals surface area contributed by atoms with Gasteiger partial charge in [0.05, 0.1) is 24.5 Å². The zero-order valence-corrected chi connectivity index (χ0v) is 15.6. The fraction of sp³-hybridized carbons (Fsp3) is 0.333. The van der Waals surface area contributed by atoms with Gasteiger partial charge in [0.2, 0.25) is 5.95 Å². The van der Waals surface area contributed by atoms with E-state index >= 15 is 0 Å². The van der Waals surface area contributed by atoms with Gasteiger partial charge in [0.25, 0.3) is 5.92 Å². The van der Waals surface area contributed by atoms with Gasteiger partial charge in [-0.2, -0.15) is 10.1 Å². The lowest BCUT2D eigenvalue weighted by Crippen LogP contribution is -2.53. The van der Waals surface area contributed by atoms with Crippen LogP contribution in [0.2, 0.25) is 0 Å². The summed E-state index contributed by atoms with van der Waals surface area (Å²) < 4.78 is 31.9. The quantitative estimate of drug-likeness (QED) is 0.541. The highest BCUT2D eigenvalue weighted by atomic mass is 19.3. The first-order valence-corrected chi connectivity index (χ1v) is 9.19. The largest absolute Gasteiger partial charge is 0.382 e. The molecular formula is C18H19F2N9. The van der Waals surface area contributed by atoms with E-state index in [4.69, 9.17) is 5.73 Å². The van der Waals surface area contributed by atoms with Crippen LogP contribution in [-0.4, -0.2) is 66.2 Å². The molecule has 0 aliphatic carbocycles. The number of nitrogens with two attached hydrogens (primary N) is 1. The number of hydrogen-bond acceptors (Lipinski definition) is 7. The number of rotatable bonds is 3. The molecule has 4 aromatic rings. The minimum Gasteiger partial charge on any atom is -0.382 e. The van der Waals surface area contributed by atoms with Crippen molar-refractivity contribution in [1.29, 1.82) is 0 Å². The van der Waals surface area contributed by atoms with E-state index < -0.39 is 12.0 Å². The number of anilines is 2. The number of nitrogens with zero attached hydrogens (tertiary/aromatic N) is 7. The Morgan fingerprint density at radius 3 is 2.83 bits per heavy atom. The molecule has 1 aliphatic heterocycles. The summed E-state index contributed by atoms with van der Waals surface area (Å²) in [4.78, 5) is 10.4. The van der Waals surface area contributed by atoms with Crippen molar-refractivity contribution >= 4 is 22.9 Å². The number of likely N-dealkylation sites (tertiary alicyclic amines) is 1. The zero-order valence-electron chi connectivity index (χ0n) is 15.6. The number of nitrogen functional groups attached to an aromatic ring is 1. The molecule has 0 amide bonds. The van der Waals surface area contributed by atoms with Crippen LogP contribution in [-0.2, 0) is 0 Å². The number of hydrogen-bond donors (Lipinski definition) is 2. The molecule has 1 fully saturated rings. The molecule has 29 heavy (non-hydrogen) atoms. The molecule has 150 valence electrons. The van der Waals surface area contributed by atoms with Crippen molar-refractivity contribution in [3.05, 3.63) is 36.8 Å². The molecule has 11 heteroatoms. The molecule has 5 heterocycles. The molecule has 5 rings (SSSR count). The third-order valence-electron chi connectivity index (χ3n) is 5.17. The number of nitrogens with one attached hydrogen (secondary N) is 1. The molecule has 9 nitrogen and oxygen atoms in total. The molecule has 3 N–H and O–H groups in total. The maximum absolute atomic E-state index is 14.3. The van der Waals surface area contributed by atoms with Crippen molar-refractivity contribution in [3.63, 3.8) is 0 Å². The summed E-state index contributed by atoms with van der Waals surface area (Å²) >= 11 is 0. The monoisotopic (exact) mass is 399 g/mol. The van der Waals surface area contributed by atoms with Gasteiger partial charge in [-0.3, -0.25) is 0 Å². The predicted octanol–water partition coefficient (Wildman–Crippen LogP) is 1.77. The fourth-order valence-corrected chi connectivity index (χ4v) is 3.73. The fourth-order valence-electron chi connectivity index (χ4n) is 3.73. The number of halogens is 2. The van der Waals surface area contributed by atoms with Gasteiger partial charge < -0.3 is 16.0 Å². The van der Waals surface area contributed by atoms with E-state index in [0.717, 1.165) is 5.56 Å². The zero-order chi connectivity index (χ0) is 20.2. The minimum absolute atomic E-state index is 0.0746. The van der Waals surface area contributed by atoms with Gasteiger partial charge in [0, 0.05) is 30.6 Å². The Bertz CT molecular complexity index is 1200. The molecule has 0 radical (unpaired) electrons. The summed E-state index contributed by atoms with van der Waals surface area (Å²) in [5.74, 6) is -2.62. The normalized spacial score (nSPS) is 19.8. The first kappa shape index (κ1) is 17.7. The average Bonchev–Trinajstić information content (AvgIpc) is 3.29. The summed E-state index contributed by atoms with van der Waals surface area (Å²) in [5.41, 5.74) is 8.89. The van der Waals surface area contributed by atoms with Crippen LogP contribution in [0.5, 0.6) is 0 Å². The summed E-state index contributed by atoms with van der Waals surface area (Å²) in [6, 6.07) is 4.39. The topological polar surface area (TPSA) is 102 Å². The molecular weight excluding hydrogens is 380 g/mol. The number of aromatic nitrogens is 6. The maximum Gasteiger partial charge on any atom is 0.280 e. The van der Waals surface area contributed by atoms with Crippen LogP contribution in [0.25, 0.3) is 22.4 Å². The first-order chi connectivity index (χ1) is 13.9. The van der Waals surface area contributed by atoms with Crippen LogP contribution < -0.4 is 11.1 Å². The standard InChI is InChI=1S/C18H19F2N9/c1-27-7-5-13(18(19,20)10-27)24-17-25-16(21)15-11(3-8-29(15)26-17)12-4-9-28-14(23-12)2-6-22-28/h2-4,6,8-9,13H,5,7,10H2,1H3,(H3,21,24,25,26)/t13-/m1/s1. The minimum atomic E-state index is -2.88. The van der Waals surface area contributed by atoms with Crippen molar-refractivity contribution in [2.75, 3.05) is 31.2 Å². The summed E-state index contributed by atoms with van der Waals surface area (Å²) in [6.07, 6.45) is 5.47. The van der Waals surface area contributed by atoms with Crippen molar-refractivity contribution in [3.8, 4) is 11.3 Å². The highest BCUT2D eigenvalue weighted by Crippen LogP contribution is 2.31. The van der Waals surface area contributed by atoms with Crippen molar-refractivity contribution < 1.29 is 8.78 Å². The highest BCUT2D eigenvalue weighted by molar-refractivity contribution is 5.86. The van der Waals surface area contributed by atoms with E-state index in [1.54, 1.807) is 41.1 Å². The maximum atomic E-state index is 14.3. The number of fused-ring (bicyclic) bond motifs is 2. The Hall–Kier alpha value is -3.34. The molecule has 0 saturated carbocycles. The Balaban J connectivity index is 1.50. The Labute approximate surface area is 164 Å². The second-order valence-electron chi connectivity index (χ2n) is 7.27. The lowest BCUT2D eigenvalue weighted by molar-refractivity contribution is -0.0675. The molecule has 1 atom stereocenters. The molecule has 0 spiro atoms. The lowest BCUT2D eigenvalue weighted by atomic mass is 10.0. The molecule has 1 aliphatic rings. The van der Waals surface area contributed by atoms with Gasteiger partial charge >= 0.3 is 0 Å². The average molecular weight is 399 g/mol. The second kappa shape index (κ2) is 6.34. The van der Waals surface area contributed by atoms with E-state index in [-0.39, 0.29) is 24.7 Å². The lowest BCUT2D eigenvalue weighted by Gasteiger charge is -2.36. The van der Waals surface area contributed by atoms with Gasteiger partial charge in [-0.1, -0.05) is 0 Å². The van der Waals surface area contributed by atoms with E-state index in [1.165, 1.54) is 4.52 Å². The SMILES string of the molecule is CN1CC[C@@H](Nc2nc(N)c3c(-c4ccn5nccc5n4)ccn3n2)C(F)(F)C1. The van der Waals surface area contributed by atoms with Crippen LogP contribution in [0.1, 0.15) is 6.42 Å². The molecule has 4 aromatic heterocycles. The van der Waals surface area contributed by atoms with Crippen molar-refractivity contribution in [2.24, 2.45) is 0 Å². The van der Waals surface area contributed by atoms with E-state index in [9.17, 15) is 8.78 Å². The number of alkyl halides is 2. The Morgan fingerprint density at radius 2 is 2.00 bits per heavy atom. The van der Waals surface area contributed by atoms with Crippen LogP contribution in [0, 0.1) is 0 Å².